The molecule has 0 fully saturated rings. The molecule has 0 saturated carbocycles. The predicted octanol–water partition coefficient (Wildman–Crippen LogP) is 5.86. The van der Waals surface area contributed by atoms with E-state index in [1.165, 1.54) is 18.2 Å². The van der Waals surface area contributed by atoms with Crippen molar-refractivity contribution in [1.82, 2.24) is 4.98 Å². The van der Waals surface area contributed by atoms with Gasteiger partial charge in [-0.2, -0.15) is 0 Å². The maximum absolute atomic E-state index is 13.1. The Morgan fingerprint density at radius 1 is 1.10 bits per heavy atom. The Balaban J connectivity index is 1.63. The number of benzene rings is 3. The molecule has 0 aliphatic carbocycles. The van der Waals surface area contributed by atoms with Gasteiger partial charge in [-0.25, -0.2) is 4.98 Å². The van der Waals surface area contributed by atoms with E-state index >= 15 is 0 Å². The lowest BCUT2D eigenvalue weighted by Gasteiger charge is -2.15. The van der Waals surface area contributed by atoms with Crippen LogP contribution in [-0.2, 0) is 4.79 Å². The first-order valence-corrected chi connectivity index (χ1v) is 10.1. The van der Waals surface area contributed by atoms with E-state index in [1.54, 1.807) is 6.07 Å². The fourth-order valence-electron chi connectivity index (χ4n) is 2.84. The maximum Gasteiger partial charge on any atom is 0.289 e. The van der Waals surface area contributed by atoms with E-state index in [0.717, 1.165) is 17.3 Å². The summed E-state index contributed by atoms with van der Waals surface area (Å²) in [4.78, 5) is 28.0. The molecule has 0 aliphatic heterocycles. The number of thioether (sulfide) groups is 1. The molecule has 1 amide bonds. The molecule has 150 valence electrons. The summed E-state index contributed by atoms with van der Waals surface area (Å²) in [7, 11) is 0. The van der Waals surface area contributed by atoms with Gasteiger partial charge in [-0.15, -0.1) is 0 Å². The number of oxazole rings is 1. The van der Waals surface area contributed by atoms with Crippen molar-refractivity contribution in [3.8, 4) is 0 Å². The molecule has 4 rings (SSSR count). The number of hydrogen-bond acceptors (Lipinski definition) is 6. The van der Waals surface area contributed by atoms with E-state index in [0.29, 0.717) is 16.3 Å². The number of halogens is 1. The van der Waals surface area contributed by atoms with Crippen molar-refractivity contribution in [2.24, 2.45) is 0 Å². The summed E-state index contributed by atoms with van der Waals surface area (Å²) in [6, 6.07) is 20.6. The lowest BCUT2D eigenvalue weighted by molar-refractivity contribution is -0.384. The molecule has 7 nitrogen and oxygen atoms in total. The number of nitro benzene ring substituents is 1. The van der Waals surface area contributed by atoms with Crippen LogP contribution in [0, 0.1) is 10.1 Å². The number of carbonyl (C=O) groups is 1. The second-order valence-electron chi connectivity index (χ2n) is 6.27. The van der Waals surface area contributed by atoms with Gasteiger partial charge in [-0.05, 0) is 41.6 Å². The molecule has 0 bridgehead atoms. The van der Waals surface area contributed by atoms with Crippen molar-refractivity contribution in [3.05, 3.63) is 93.5 Å². The number of rotatable bonds is 6. The average Bonchev–Trinajstić information content (AvgIpc) is 3.16. The van der Waals surface area contributed by atoms with E-state index in [1.807, 2.05) is 48.5 Å². The molecular formula is C21H14ClN3O4S. The summed E-state index contributed by atoms with van der Waals surface area (Å²) in [5, 5.41) is 13.5. The minimum Gasteiger partial charge on any atom is -0.431 e. The summed E-state index contributed by atoms with van der Waals surface area (Å²) < 4.78 is 5.75. The lowest BCUT2D eigenvalue weighted by atomic mass is 10.1. The first kappa shape index (κ1) is 19.9. The van der Waals surface area contributed by atoms with Crippen molar-refractivity contribution in [1.29, 1.82) is 0 Å². The average molecular weight is 440 g/mol. The van der Waals surface area contributed by atoms with Crippen LogP contribution in [0.3, 0.4) is 0 Å². The smallest absolute Gasteiger partial charge is 0.289 e. The molecule has 1 atom stereocenters. The summed E-state index contributed by atoms with van der Waals surface area (Å²) in [6.45, 7) is 0. The molecule has 1 N–H and O–H groups in total. The molecule has 0 aliphatic rings. The van der Waals surface area contributed by atoms with E-state index in [2.05, 4.69) is 10.3 Å². The van der Waals surface area contributed by atoms with Gasteiger partial charge in [-0.1, -0.05) is 54.1 Å². The Bertz CT molecular complexity index is 1200. The molecular weight excluding hydrogens is 426 g/mol. The van der Waals surface area contributed by atoms with Crippen LogP contribution < -0.4 is 5.32 Å². The first-order chi connectivity index (χ1) is 14.5. The Morgan fingerprint density at radius 3 is 2.57 bits per heavy atom. The summed E-state index contributed by atoms with van der Waals surface area (Å²) >= 11 is 7.01. The van der Waals surface area contributed by atoms with Crippen molar-refractivity contribution in [2.75, 3.05) is 5.32 Å². The van der Waals surface area contributed by atoms with Crippen LogP contribution in [0.15, 0.2) is 82.4 Å². The molecule has 3 aromatic carbocycles. The number of amides is 1. The van der Waals surface area contributed by atoms with E-state index in [9.17, 15) is 14.9 Å². The van der Waals surface area contributed by atoms with Gasteiger partial charge in [-0.3, -0.25) is 14.9 Å². The Hall–Kier alpha value is -3.36. The fraction of sp³-hybridized carbons (Fsp3) is 0.0476. The number of para-hydroxylation sites is 2. The quantitative estimate of drug-likeness (QED) is 0.229. The molecule has 4 aromatic rings. The topological polar surface area (TPSA) is 98.3 Å². The highest BCUT2D eigenvalue weighted by Gasteiger charge is 2.25. The van der Waals surface area contributed by atoms with Crippen LogP contribution in [0.2, 0.25) is 5.02 Å². The van der Waals surface area contributed by atoms with Crippen LogP contribution in [-0.4, -0.2) is 15.8 Å². The number of fused-ring (bicyclic) bond motifs is 1. The van der Waals surface area contributed by atoms with Crippen molar-refractivity contribution in [2.45, 2.75) is 10.5 Å². The highest BCUT2D eigenvalue weighted by molar-refractivity contribution is 8.00. The molecule has 0 saturated heterocycles. The highest BCUT2D eigenvalue weighted by atomic mass is 35.5. The van der Waals surface area contributed by atoms with Crippen LogP contribution in [0.4, 0.5) is 11.4 Å². The minimum atomic E-state index is -0.686. The number of nitrogens with zero attached hydrogens (tertiary/aromatic N) is 2. The van der Waals surface area contributed by atoms with Crippen LogP contribution in [0.5, 0.6) is 0 Å². The molecule has 1 unspecified atom stereocenters. The number of carbonyl (C=O) groups excluding carboxylic acids is 1. The predicted molar refractivity (Wildman–Crippen MR) is 116 cm³/mol. The van der Waals surface area contributed by atoms with Crippen molar-refractivity contribution >= 4 is 51.7 Å². The second kappa shape index (κ2) is 8.56. The molecule has 0 spiro atoms. The van der Waals surface area contributed by atoms with Gasteiger partial charge in [0.1, 0.15) is 15.8 Å². The molecule has 30 heavy (non-hydrogen) atoms. The van der Waals surface area contributed by atoms with Crippen LogP contribution >= 0.6 is 23.4 Å². The zero-order valence-corrected chi connectivity index (χ0v) is 16.9. The standard InChI is InChI=1S/C21H14ClN3O4S/c22-15-11-10-14(12-17(15)25(27)28)23-20(26)19(13-6-2-1-3-7-13)30-21-24-16-8-4-5-9-18(16)29-21/h1-12,19H,(H,23,26). The summed E-state index contributed by atoms with van der Waals surface area (Å²) in [5.74, 6) is -0.370. The Labute approximate surface area is 180 Å². The zero-order chi connectivity index (χ0) is 21.1. The van der Waals surface area contributed by atoms with Gasteiger partial charge < -0.3 is 9.73 Å². The van der Waals surface area contributed by atoms with Gasteiger partial charge in [0.25, 0.3) is 10.9 Å². The largest absolute Gasteiger partial charge is 0.431 e. The monoisotopic (exact) mass is 439 g/mol. The van der Waals surface area contributed by atoms with Gasteiger partial charge in [0.15, 0.2) is 5.58 Å². The lowest BCUT2D eigenvalue weighted by Crippen LogP contribution is -2.19. The number of anilines is 1. The number of aromatic nitrogens is 1. The van der Waals surface area contributed by atoms with Crippen molar-refractivity contribution < 1.29 is 14.1 Å². The van der Waals surface area contributed by atoms with Gasteiger partial charge in [0, 0.05) is 11.8 Å². The van der Waals surface area contributed by atoms with Gasteiger partial charge in [0.2, 0.25) is 5.91 Å². The maximum atomic E-state index is 13.1. The number of nitrogens with one attached hydrogen (secondary N) is 1. The van der Waals surface area contributed by atoms with Crippen molar-refractivity contribution in [3.63, 3.8) is 0 Å². The second-order valence-corrected chi connectivity index (χ2v) is 7.73. The van der Waals surface area contributed by atoms with E-state index in [-0.39, 0.29) is 22.3 Å². The summed E-state index contributed by atoms with van der Waals surface area (Å²) in [5.41, 5.74) is 2.05. The fourth-order valence-corrected chi connectivity index (χ4v) is 3.98. The molecule has 1 aromatic heterocycles. The normalized spacial score (nSPS) is 11.9. The van der Waals surface area contributed by atoms with E-state index in [4.69, 9.17) is 16.0 Å². The molecule has 1 heterocycles. The number of hydrogen-bond donors (Lipinski definition) is 1. The van der Waals surface area contributed by atoms with Crippen LogP contribution in [0.25, 0.3) is 11.1 Å². The van der Waals surface area contributed by atoms with Crippen LogP contribution in [0.1, 0.15) is 10.8 Å². The third-order valence-corrected chi connectivity index (χ3v) is 5.66. The highest BCUT2D eigenvalue weighted by Crippen LogP contribution is 2.37. The van der Waals surface area contributed by atoms with E-state index < -0.39 is 10.2 Å². The summed E-state index contributed by atoms with van der Waals surface area (Å²) in [6.07, 6.45) is 0. The third kappa shape index (κ3) is 4.29. The third-order valence-electron chi connectivity index (χ3n) is 4.24. The molecule has 9 heteroatoms. The van der Waals surface area contributed by atoms with Gasteiger partial charge in [0.05, 0.1) is 4.92 Å². The Morgan fingerprint density at radius 2 is 1.83 bits per heavy atom. The SMILES string of the molecule is O=C(Nc1ccc(Cl)c([N+](=O)[O-])c1)C(Sc1nc2ccccc2o1)c1ccccc1. The minimum absolute atomic E-state index is 0.00143. The molecule has 0 radical (unpaired) electrons. The number of nitro groups is 1. The Kier molecular flexibility index (Phi) is 5.69. The first-order valence-electron chi connectivity index (χ1n) is 8.83. The van der Waals surface area contributed by atoms with Gasteiger partial charge >= 0.3 is 0 Å². The zero-order valence-electron chi connectivity index (χ0n) is 15.3.